The fourth-order valence-corrected chi connectivity index (χ4v) is 4.14. The highest BCUT2D eigenvalue weighted by atomic mass is 16.7. The number of aliphatic hydroxyl groups is 1. The third-order valence-electron chi connectivity index (χ3n) is 5.92. The molecule has 3 aliphatic rings. The zero-order valence-corrected chi connectivity index (χ0v) is 16.5. The molecule has 2 bridgehead atoms. The Hall–Kier alpha value is -1.70. The molecular formula is C20H28O7. The number of esters is 2. The van der Waals surface area contributed by atoms with Crippen molar-refractivity contribution in [1.82, 2.24) is 0 Å². The molecule has 0 saturated carbocycles. The van der Waals surface area contributed by atoms with E-state index < -0.39 is 41.6 Å². The summed E-state index contributed by atoms with van der Waals surface area (Å²) in [7, 11) is 1.51. The Kier molecular flexibility index (Phi) is 4.99. The van der Waals surface area contributed by atoms with E-state index >= 15 is 0 Å². The minimum absolute atomic E-state index is 0.190. The molecule has 2 fully saturated rings. The van der Waals surface area contributed by atoms with E-state index in [4.69, 9.17) is 18.9 Å². The minimum Gasteiger partial charge on any atom is -0.461 e. The maximum atomic E-state index is 12.3. The average molecular weight is 380 g/mol. The van der Waals surface area contributed by atoms with Gasteiger partial charge in [0.2, 0.25) is 0 Å². The summed E-state index contributed by atoms with van der Waals surface area (Å²) in [6.07, 6.45) is -0.00721. The summed E-state index contributed by atoms with van der Waals surface area (Å²) in [5, 5.41) is 10.7. The van der Waals surface area contributed by atoms with Crippen LogP contribution < -0.4 is 0 Å². The lowest BCUT2D eigenvalue weighted by molar-refractivity contribution is -0.223. The van der Waals surface area contributed by atoms with Gasteiger partial charge in [-0.1, -0.05) is 20.4 Å². The third-order valence-corrected chi connectivity index (χ3v) is 5.92. The zero-order chi connectivity index (χ0) is 20.1. The van der Waals surface area contributed by atoms with E-state index in [0.717, 1.165) is 0 Å². The molecule has 150 valence electrons. The molecule has 0 aromatic heterocycles. The van der Waals surface area contributed by atoms with Gasteiger partial charge in [-0.25, -0.2) is 4.79 Å². The molecular weight excluding hydrogens is 352 g/mol. The van der Waals surface area contributed by atoms with Crippen molar-refractivity contribution in [3.8, 4) is 0 Å². The fraction of sp³-hybridized carbons (Fsp3) is 0.700. The van der Waals surface area contributed by atoms with Gasteiger partial charge in [0.25, 0.3) is 0 Å². The van der Waals surface area contributed by atoms with Gasteiger partial charge in [0, 0.05) is 25.5 Å². The average Bonchev–Trinajstić information content (AvgIpc) is 3.01. The molecule has 1 N–H and O–H groups in total. The second-order valence-corrected chi connectivity index (χ2v) is 8.20. The predicted molar refractivity (Wildman–Crippen MR) is 95.5 cm³/mol. The van der Waals surface area contributed by atoms with Crippen LogP contribution in [0.3, 0.4) is 0 Å². The normalized spacial score (nSPS) is 43.3. The molecule has 7 heteroatoms. The number of fused-ring (bicyclic) bond motifs is 3. The highest BCUT2D eigenvalue weighted by Gasteiger charge is 2.59. The van der Waals surface area contributed by atoms with Crippen LogP contribution in [0, 0.1) is 11.8 Å². The van der Waals surface area contributed by atoms with Crippen LogP contribution in [0.15, 0.2) is 23.8 Å². The summed E-state index contributed by atoms with van der Waals surface area (Å²) in [5.74, 6) is -2.90. The highest BCUT2D eigenvalue weighted by Crippen LogP contribution is 2.49. The molecule has 0 spiro atoms. The van der Waals surface area contributed by atoms with Crippen molar-refractivity contribution in [3.05, 3.63) is 23.8 Å². The topological polar surface area (TPSA) is 91.3 Å². The first-order chi connectivity index (χ1) is 12.5. The van der Waals surface area contributed by atoms with Crippen molar-refractivity contribution in [3.63, 3.8) is 0 Å². The van der Waals surface area contributed by atoms with Gasteiger partial charge in [0.05, 0.1) is 23.5 Å². The molecule has 2 saturated heterocycles. The van der Waals surface area contributed by atoms with E-state index in [9.17, 15) is 14.7 Å². The van der Waals surface area contributed by atoms with E-state index in [-0.39, 0.29) is 30.3 Å². The van der Waals surface area contributed by atoms with Gasteiger partial charge in [-0.15, -0.1) is 0 Å². The van der Waals surface area contributed by atoms with Crippen LogP contribution in [0.5, 0.6) is 0 Å². The number of carbonyl (C=O) groups excluding carboxylic acids is 2. The zero-order valence-electron chi connectivity index (χ0n) is 16.5. The quantitative estimate of drug-likeness (QED) is 0.454. The van der Waals surface area contributed by atoms with E-state index in [1.165, 1.54) is 7.11 Å². The van der Waals surface area contributed by atoms with E-state index in [1.807, 2.05) is 6.92 Å². The maximum absolute atomic E-state index is 12.3. The monoisotopic (exact) mass is 380 g/mol. The standard InChI is InChI=1S/C20H28O7/c1-10(2)17(22)26-14-8-19(5)15(21)9-20(24-6,27-19)11(3)7-13-16(14)12(4)18(23)25-13/h7,10,13-16,21H,4,8-9H2,1-3,5-6H3/b11-7-. The van der Waals surface area contributed by atoms with Crippen LogP contribution in [0.1, 0.15) is 40.5 Å². The summed E-state index contributed by atoms with van der Waals surface area (Å²) in [6.45, 7) is 10.9. The van der Waals surface area contributed by atoms with Gasteiger partial charge < -0.3 is 24.1 Å². The van der Waals surface area contributed by atoms with Crippen molar-refractivity contribution in [2.75, 3.05) is 7.11 Å². The summed E-state index contributed by atoms with van der Waals surface area (Å²) in [6, 6.07) is 0. The van der Waals surface area contributed by atoms with E-state index in [2.05, 4.69) is 6.58 Å². The Morgan fingerprint density at radius 3 is 2.67 bits per heavy atom. The van der Waals surface area contributed by atoms with Gasteiger partial charge >= 0.3 is 11.9 Å². The molecule has 6 unspecified atom stereocenters. The number of rotatable bonds is 3. The lowest BCUT2D eigenvalue weighted by Crippen LogP contribution is -2.45. The van der Waals surface area contributed by atoms with Crippen LogP contribution in [0.4, 0.5) is 0 Å². The molecule has 0 aliphatic carbocycles. The van der Waals surface area contributed by atoms with Crippen molar-refractivity contribution < 1.29 is 33.6 Å². The molecule has 3 aliphatic heterocycles. The molecule has 3 rings (SSSR count). The summed E-state index contributed by atoms with van der Waals surface area (Å²) in [5.41, 5.74) is -0.0672. The van der Waals surface area contributed by atoms with Crippen LogP contribution in [-0.4, -0.2) is 53.9 Å². The van der Waals surface area contributed by atoms with Gasteiger partial charge in [0.1, 0.15) is 12.2 Å². The van der Waals surface area contributed by atoms with E-state index in [0.29, 0.717) is 5.57 Å². The summed E-state index contributed by atoms with van der Waals surface area (Å²) in [4.78, 5) is 24.5. The molecule has 0 radical (unpaired) electrons. The van der Waals surface area contributed by atoms with Gasteiger partial charge in [-0.05, 0) is 25.5 Å². The molecule has 0 aromatic carbocycles. The SMILES string of the molecule is C=C1C(=O)OC2/C=C(/C)C3(OC)CC(O)C(C)(CC(OC(=O)C(C)C)C12)O3. The van der Waals surface area contributed by atoms with Crippen molar-refractivity contribution in [1.29, 1.82) is 0 Å². The first-order valence-electron chi connectivity index (χ1n) is 9.25. The summed E-state index contributed by atoms with van der Waals surface area (Å²) >= 11 is 0. The van der Waals surface area contributed by atoms with Crippen molar-refractivity contribution >= 4 is 11.9 Å². The molecule has 27 heavy (non-hydrogen) atoms. The van der Waals surface area contributed by atoms with Crippen LogP contribution in [0.25, 0.3) is 0 Å². The van der Waals surface area contributed by atoms with Gasteiger partial charge in [0.15, 0.2) is 5.79 Å². The number of methoxy groups -OCH3 is 1. The first kappa shape index (κ1) is 20.0. The number of hydrogen-bond acceptors (Lipinski definition) is 7. The molecule has 7 nitrogen and oxygen atoms in total. The number of hydrogen-bond donors (Lipinski definition) is 1. The molecule has 3 heterocycles. The van der Waals surface area contributed by atoms with Crippen LogP contribution >= 0.6 is 0 Å². The Labute approximate surface area is 159 Å². The van der Waals surface area contributed by atoms with Crippen molar-refractivity contribution in [2.24, 2.45) is 11.8 Å². The second-order valence-electron chi connectivity index (χ2n) is 8.20. The van der Waals surface area contributed by atoms with Crippen molar-refractivity contribution in [2.45, 2.75) is 70.2 Å². The molecule has 0 amide bonds. The molecule has 6 atom stereocenters. The number of ether oxygens (including phenoxy) is 4. The Morgan fingerprint density at radius 1 is 1.41 bits per heavy atom. The number of carbonyl (C=O) groups is 2. The lowest BCUT2D eigenvalue weighted by atomic mass is 9.80. The Morgan fingerprint density at radius 2 is 2.07 bits per heavy atom. The summed E-state index contributed by atoms with van der Waals surface area (Å²) < 4.78 is 23.1. The minimum atomic E-state index is -1.12. The molecule has 0 aromatic rings. The fourth-order valence-electron chi connectivity index (χ4n) is 4.14. The third kappa shape index (κ3) is 3.22. The Balaban J connectivity index is 2.08. The predicted octanol–water partition coefficient (Wildman–Crippen LogP) is 1.88. The maximum Gasteiger partial charge on any atom is 0.334 e. The number of aliphatic hydroxyl groups excluding tert-OH is 1. The smallest absolute Gasteiger partial charge is 0.334 e. The first-order valence-corrected chi connectivity index (χ1v) is 9.25. The van der Waals surface area contributed by atoms with Gasteiger partial charge in [-0.2, -0.15) is 0 Å². The van der Waals surface area contributed by atoms with Crippen LogP contribution in [0.2, 0.25) is 0 Å². The van der Waals surface area contributed by atoms with E-state index in [1.54, 1.807) is 26.8 Å². The highest BCUT2D eigenvalue weighted by molar-refractivity contribution is 5.91. The lowest BCUT2D eigenvalue weighted by Gasteiger charge is -2.35. The van der Waals surface area contributed by atoms with Crippen LogP contribution in [-0.2, 0) is 28.5 Å². The largest absolute Gasteiger partial charge is 0.461 e. The van der Waals surface area contributed by atoms with Gasteiger partial charge in [-0.3, -0.25) is 4.79 Å². The Bertz CT molecular complexity index is 696. The second kappa shape index (κ2) is 6.72.